The lowest BCUT2D eigenvalue weighted by molar-refractivity contribution is 0.559. The van der Waals surface area contributed by atoms with Gasteiger partial charge in [0, 0.05) is 22.3 Å². The van der Waals surface area contributed by atoms with E-state index in [1.54, 1.807) is 0 Å². The van der Waals surface area contributed by atoms with Gasteiger partial charge in [-0.05, 0) is 115 Å². The van der Waals surface area contributed by atoms with Crippen LogP contribution in [0, 0.1) is 13.8 Å². The van der Waals surface area contributed by atoms with Gasteiger partial charge in [0.25, 0.3) is 0 Å². The molecule has 0 heterocycles. The highest BCUT2D eigenvalue weighted by molar-refractivity contribution is 5.85. The summed E-state index contributed by atoms with van der Waals surface area (Å²) in [5.41, 5.74) is 15.6. The highest BCUT2D eigenvalue weighted by Gasteiger charge is 2.35. The molecule has 0 unspecified atom stereocenters. The normalized spacial score (nSPS) is 13.6. The Balaban J connectivity index is 1.40. The first-order chi connectivity index (χ1) is 19.1. The quantitative estimate of drug-likeness (QED) is 0.227. The van der Waals surface area contributed by atoms with E-state index >= 15 is 0 Å². The summed E-state index contributed by atoms with van der Waals surface area (Å²) < 4.78 is 0. The Kier molecular flexibility index (Phi) is 6.22. The van der Waals surface area contributed by atoms with Crippen LogP contribution in [-0.2, 0) is 5.41 Å². The molecule has 0 amide bonds. The Morgan fingerprint density at radius 1 is 0.525 bits per heavy atom. The average Bonchev–Trinajstić information content (AvgIpc) is 3.15. The second-order valence-corrected chi connectivity index (χ2v) is 12.8. The van der Waals surface area contributed by atoms with Gasteiger partial charge in [-0.3, -0.25) is 0 Å². The van der Waals surface area contributed by atoms with Crippen LogP contribution in [-0.4, -0.2) is 5.54 Å². The fraction of sp³-hybridized carbons (Fsp3) is 0.231. The van der Waals surface area contributed by atoms with Crippen LogP contribution in [0.1, 0.15) is 56.9 Å². The number of anilines is 2. The number of fused-ring (bicyclic) bond motifs is 3. The zero-order valence-electron chi connectivity index (χ0n) is 24.8. The van der Waals surface area contributed by atoms with Gasteiger partial charge in [0.2, 0.25) is 0 Å². The average molecular weight is 522 g/mol. The molecule has 1 aliphatic rings. The van der Waals surface area contributed by atoms with E-state index in [-0.39, 0.29) is 11.0 Å². The molecule has 40 heavy (non-hydrogen) atoms. The van der Waals surface area contributed by atoms with Crippen LogP contribution in [0.25, 0.3) is 33.4 Å². The first-order valence-corrected chi connectivity index (χ1v) is 14.4. The van der Waals surface area contributed by atoms with Crippen LogP contribution in [0.4, 0.5) is 11.4 Å². The minimum Gasteiger partial charge on any atom is -0.336 e. The number of aryl methyl sites for hydroxylation is 2. The lowest BCUT2D eigenvalue weighted by Crippen LogP contribution is -2.38. The van der Waals surface area contributed by atoms with E-state index < -0.39 is 0 Å². The van der Waals surface area contributed by atoms with Crippen LogP contribution in [0.3, 0.4) is 0 Å². The maximum Gasteiger partial charge on any atom is 0.0451 e. The van der Waals surface area contributed by atoms with Gasteiger partial charge in [-0.2, -0.15) is 0 Å². The summed E-state index contributed by atoms with van der Waals surface area (Å²) in [4.78, 5) is 2.48. The first-order valence-electron chi connectivity index (χ1n) is 14.4. The first kappa shape index (κ1) is 26.1. The molecular weight excluding hydrogens is 482 g/mol. The molecule has 5 aromatic carbocycles. The van der Waals surface area contributed by atoms with Crippen molar-refractivity contribution in [3.8, 4) is 33.4 Å². The second kappa shape index (κ2) is 9.52. The van der Waals surface area contributed by atoms with Gasteiger partial charge in [-0.15, -0.1) is 0 Å². The van der Waals surface area contributed by atoms with Crippen molar-refractivity contribution in [1.29, 1.82) is 0 Å². The van der Waals surface area contributed by atoms with Crippen molar-refractivity contribution in [2.45, 2.75) is 59.4 Å². The summed E-state index contributed by atoms with van der Waals surface area (Å²) in [5, 5.41) is 0. The van der Waals surface area contributed by atoms with Crippen molar-refractivity contribution >= 4 is 11.4 Å². The van der Waals surface area contributed by atoms with Gasteiger partial charge in [-0.25, -0.2) is 0 Å². The van der Waals surface area contributed by atoms with Gasteiger partial charge in [0.15, 0.2) is 0 Å². The third kappa shape index (κ3) is 4.34. The van der Waals surface area contributed by atoms with E-state index in [4.69, 9.17) is 0 Å². The Morgan fingerprint density at radius 2 is 1.18 bits per heavy atom. The summed E-state index contributed by atoms with van der Waals surface area (Å²) in [5.74, 6) is 0. The minimum atomic E-state index is -0.0964. The van der Waals surface area contributed by atoms with E-state index in [9.17, 15) is 0 Å². The maximum absolute atomic E-state index is 2.48. The van der Waals surface area contributed by atoms with Gasteiger partial charge in [-0.1, -0.05) is 98.8 Å². The number of nitrogens with zero attached hydrogens (tertiary/aromatic N) is 1. The standard InChI is InChI=1S/C39H39N/c1-26-17-18-30(28-13-9-8-10-14-28)24-37(26)40(38(3,4)5)31-21-19-29(20-22-31)33-25-36-34(23-27(33)2)32-15-11-12-16-35(32)39(36,6)7/h8-25H,1-7H3. The Hall–Kier alpha value is -4.10. The summed E-state index contributed by atoms with van der Waals surface area (Å²) in [6.07, 6.45) is 0. The summed E-state index contributed by atoms with van der Waals surface area (Å²) in [6, 6.07) is 40.4. The van der Waals surface area contributed by atoms with Crippen LogP contribution in [0.2, 0.25) is 0 Å². The molecule has 0 N–H and O–H groups in total. The third-order valence-electron chi connectivity index (χ3n) is 8.59. The molecule has 0 aromatic heterocycles. The van der Waals surface area contributed by atoms with E-state index in [0.29, 0.717) is 0 Å². The smallest absolute Gasteiger partial charge is 0.0451 e. The number of benzene rings is 5. The minimum absolute atomic E-state index is 0.00134. The molecule has 1 aliphatic carbocycles. The van der Waals surface area contributed by atoms with Gasteiger partial charge in [0.1, 0.15) is 0 Å². The Morgan fingerprint density at radius 3 is 1.88 bits per heavy atom. The fourth-order valence-electron chi connectivity index (χ4n) is 6.51. The molecule has 0 radical (unpaired) electrons. The van der Waals surface area contributed by atoms with Crippen molar-refractivity contribution in [2.24, 2.45) is 0 Å². The zero-order valence-corrected chi connectivity index (χ0v) is 24.8. The molecule has 1 heteroatoms. The predicted molar refractivity (Wildman–Crippen MR) is 173 cm³/mol. The Labute approximate surface area is 240 Å². The Bertz CT molecular complexity index is 1700. The molecule has 0 saturated carbocycles. The SMILES string of the molecule is Cc1cc2c(cc1-c1ccc(N(c3cc(-c4ccccc4)ccc3C)C(C)(C)C)cc1)C(C)(C)c1ccccc1-2. The number of hydrogen-bond donors (Lipinski definition) is 0. The van der Waals surface area contributed by atoms with Gasteiger partial charge >= 0.3 is 0 Å². The molecular formula is C39H39N. The third-order valence-corrected chi connectivity index (χ3v) is 8.59. The van der Waals surface area contributed by atoms with Crippen LogP contribution in [0.5, 0.6) is 0 Å². The zero-order chi connectivity index (χ0) is 28.2. The summed E-state index contributed by atoms with van der Waals surface area (Å²) >= 11 is 0. The van der Waals surface area contributed by atoms with Gasteiger partial charge < -0.3 is 4.90 Å². The molecule has 0 aliphatic heterocycles. The largest absolute Gasteiger partial charge is 0.336 e. The molecule has 200 valence electrons. The van der Waals surface area contributed by atoms with Crippen molar-refractivity contribution < 1.29 is 0 Å². The van der Waals surface area contributed by atoms with E-state index in [0.717, 1.165) is 0 Å². The fourth-order valence-corrected chi connectivity index (χ4v) is 6.51. The van der Waals surface area contributed by atoms with Crippen molar-refractivity contribution in [1.82, 2.24) is 0 Å². The van der Waals surface area contributed by atoms with E-state index in [2.05, 4.69) is 163 Å². The molecule has 0 bridgehead atoms. The van der Waals surface area contributed by atoms with Crippen LogP contribution < -0.4 is 4.90 Å². The molecule has 5 aromatic rings. The molecule has 0 saturated heterocycles. The van der Waals surface area contributed by atoms with E-state index in [1.165, 1.54) is 67.0 Å². The lowest BCUT2D eigenvalue weighted by atomic mass is 9.81. The molecule has 6 rings (SSSR count). The maximum atomic E-state index is 2.48. The highest BCUT2D eigenvalue weighted by atomic mass is 15.2. The highest BCUT2D eigenvalue weighted by Crippen LogP contribution is 2.50. The lowest BCUT2D eigenvalue weighted by Gasteiger charge is -2.39. The molecule has 0 fully saturated rings. The predicted octanol–water partition coefficient (Wildman–Crippen LogP) is 10.9. The number of hydrogen-bond acceptors (Lipinski definition) is 1. The number of rotatable bonds is 4. The summed E-state index contributed by atoms with van der Waals surface area (Å²) in [7, 11) is 0. The van der Waals surface area contributed by atoms with Crippen molar-refractivity contribution in [3.63, 3.8) is 0 Å². The van der Waals surface area contributed by atoms with E-state index in [1.807, 2.05) is 0 Å². The van der Waals surface area contributed by atoms with Crippen LogP contribution in [0.15, 0.2) is 109 Å². The van der Waals surface area contributed by atoms with Crippen molar-refractivity contribution in [3.05, 3.63) is 131 Å². The van der Waals surface area contributed by atoms with Crippen LogP contribution >= 0.6 is 0 Å². The topological polar surface area (TPSA) is 3.24 Å². The van der Waals surface area contributed by atoms with Crippen molar-refractivity contribution in [2.75, 3.05) is 4.90 Å². The van der Waals surface area contributed by atoms with Gasteiger partial charge in [0.05, 0.1) is 0 Å². The molecule has 0 spiro atoms. The second-order valence-electron chi connectivity index (χ2n) is 12.8. The summed E-state index contributed by atoms with van der Waals surface area (Å²) in [6.45, 7) is 16.0. The molecule has 0 atom stereocenters. The monoisotopic (exact) mass is 521 g/mol. The molecule has 1 nitrogen and oxygen atoms in total.